The minimum absolute atomic E-state index is 0.300. The summed E-state index contributed by atoms with van der Waals surface area (Å²) in [4.78, 5) is 3.78. The van der Waals surface area contributed by atoms with Crippen molar-refractivity contribution in [3.63, 3.8) is 0 Å². The second kappa shape index (κ2) is 7.44. The SMILES string of the molecule is CC(C)c1nccn1CC1CCN(S(=O)(=O)c2cc(F)ccc2F)CC1. The Bertz CT molecular complexity index is 872. The molecular formula is C18H23F2N3O2S. The van der Waals surface area contributed by atoms with E-state index < -0.39 is 26.6 Å². The molecule has 3 rings (SSSR count). The molecular weight excluding hydrogens is 360 g/mol. The number of sulfonamides is 1. The first-order valence-electron chi connectivity index (χ1n) is 8.75. The van der Waals surface area contributed by atoms with Crippen molar-refractivity contribution in [1.29, 1.82) is 0 Å². The highest BCUT2D eigenvalue weighted by Crippen LogP contribution is 2.27. The highest BCUT2D eigenvalue weighted by atomic mass is 32.2. The summed E-state index contributed by atoms with van der Waals surface area (Å²) in [6.07, 6.45) is 5.07. The smallest absolute Gasteiger partial charge is 0.246 e. The van der Waals surface area contributed by atoms with Crippen LogP contribution < -0.4 is 0 Å². The lowest BCUT2D eigenvalue weighted by atomic mass is 9.98. The van der Waals surface area contributed by atoms with Gasteiger partial charge in [0, 0.05) is 37.9 Å². The average molecular weight is 383 g/mol. The van der Waals surface area contributed by atoms with Gasteiger partial charge in [0.05, 0.1) is 0 Å². The van der Waals surface area contributed by atoms with Crippen LogP contribution in [0.3, 0.4) is 0 Å². The molecule has 2 aromatic rings. The molecule has 1 aliphatic rings. The number of halogens is 2. The molecule has 0 saturated carbocycles. The quantitative estimate of drug-likeness (QED) is 0.795. The zero-order chi connectivity index (χ0) is 18.9. The molecule has 1 aromatic heterocycles. The van der Waals surface area contributed by atoms with E-state index in [1.165, 1.54) is 4.31 Å². The molecule has 2 heterocycles. The topological polar surface area (TPSA) is 55.2 Å². The fourth-order valence-electron chi connectivity index (χ4n) is 3.40. The standard InChI is InChI=1S/C18H23F2N3O2S/c1-13(2)18-21-7-10-22(18)12-14-5-8-23(9-6-14)26(24,25)17-11-15(19)3-4-16(17)20/h3-4,7,10-11,13-14H,5-6,8-9,12H2,1-2H3. The van der Waals surface area contributed by atoms with Crippen LogP contribution in [-0.4, -0.2) is 35.4 Å². The predicted octanol–water partition coefficient (Wildman–Crippen LogP) is 3.39. The lowest BCUT2D eigenvalue weighted by Gasteiger charge is -2.31. The third kappa shape index (κ3) is 3.81. The van der Waals surface area contributed by atoms with Crippen molar-refractivity contribution in [2.45, 2.75) is 44.0 Å². The first kappa shape index (κ1) is 19.0. The summed E-state index contributed by atoms with van der Waals surface area (Å²) < 4.78 is 55.9. The maximum absolute atomic E-state index is 13.9. The molecule has 0 spiro atoms. The molecule has 0 bridgehead atoms. The van der Waals surface area contributed by atoms with Crippen molar-refractivity contribution in [3.05, 3.63) is 48.1 Å². The van der Waals surface area contributed by atoms with Gasteiger partial charge in [0.2, 0.25) is 10.0 Å². The third-order valence-corrected chi connectivity index (χ3v) is 6.72. The van der Waals surface area contributed by atoms with Crippen molar-refractivity contribution >= 4 is 10.0 Å². The van der Waals surface area contributed by atoms with Crippen LogP contribution in [0.25, 0.3) is 0 Å². The zero-order valence-electron chi connectivity index (χ0n) is 14.9. The van der Waals surface area contributed by atoms with Crippen molar-refractivity contribution < 1.29 is 17.2 Å². The molecule has 1 aromatic carbocycles. The van der Waals surface area contributed by atoms with Gasteiger partial charge in [-0.2, -0.15) is 4.31 Å². The van der Waals surface area contributed by atoms with Gasteiger partial charge in [0.1, 0.15) is 22.4 Å². The fourth-order valence-corrected chi connectivity index (χ4v) is 4.95. The Morgan fingerprint density at radius 2 is 1.92 bits per heavy atom. The Kier molecular flexibility index (Phi) is 5.43. The molecule has 0 atom stereocenters. The minimum Gasteiger partial charge on any atom is -0.334 e. The number of piperidine rings is 1. The van der Waals surface area contributed by atoms with Crippen LogP contribution in [0.5, 0.6) is 0 Å². The lowest BCUT2D eigenvalue weighted by Crippen LogP contribution is -2.39. The minimum atomic E-state index is -4.02. The number of benzene rings is 1. The van der Waals surface area contributed by atoms with E-state index in [4.69, 9.17) is 0 Å². The van der Waals surface area contributed by atoms with Crippen molar-refractivity contribution in [2.24, 2.45) is 5.92 Å². The summed E-state index contributed by atoms with van der Waals surface area (Å²) in [6.45, 7) is 5.56. The molecule has 0 N–H and O–H groups in total. The normalized spacial score (nSPS) is 17.1. The van der Waals surface area contributed by atoms with Gasteiger partial charge in [-0.3, -0.25) is 0 Å². The van der Waals surface area contributed by atoms with Gasteiger partial charge in [-0.25, -0.2) is 22.2 Å². The summed E-state index contributed by atoms with van der Waals surface area (Å²) >= 11 is 0. The Balaban J connectivity index is 1.68. The molecule has 5 nitrogen and oxygen atoms in total. The first-order chi connectivity index (χ1) is 12.3. The van der Waals surface area contributed by atoms with Gasteiger partial charge in [-0.1, -0.05) is 13.8 Å². The van der Waals surface area contributed by atoms with Crippen LogP contribution in [0.15, 0.2) is 35.5 Å². The highest BCUT2D eigenvalue weighted by molar-refractivity contribution is 7.89. The molecule has 1 aliphatic heterocycles. The molecule has 0 radical (unpaired) electrons. The molecule has 26 heavy (non-hydrogen) atoms. The van der Waals surface area contributed by atoms with Gasteiger partial charge in [0.25, 0.3) is 0 Å². The summed E-state index contributed by atoms with van der Waals surface area (Å²) in [7, 11) is -4.02. The largest absolute Gasteiger partial charge is 0.334 e. The molecule has 142 valence electrons. The predicted molar refractivity (Wildman–Crippen MR) is 94.2 cm³/mol. The second-order valence-corrected chi connectivity index (χ2v) is 8.92. The van der Waals surface area contributed by atoms with Crippen molar-refractivity contribution in [1.82, 2.24) is 13.9 Å². The number of hydrogen-bond acceptors (Lipinski definition) is 3. The van der Waals surface area contributed by atoms with Crippen molar-refractivity contribution in [2.75, 3.05) is 13.1 Å². The molecule has 0 aliphatic carbocycles. The monoisotopic (exact) mass is 383 g/mol. The first-order valence-corrected chi connectivity index (χ1v) is 10.2. The number of hydrogen-bond donors (Lipinski definition) is 0. The van der Waals surface area contributed by atoms with Crippen LogP contribution >= 0.6 is 0 Å². The summed E-state index contributed by atoms with van der Waals surface area (Å²) in [5, 5.41) is 0. The number of nitrogens with zero attached hydrogens (tertiary/aromatic N) is 3. The van der Waals surface area contributed by atoms with E-state index in [9.17, 15) is 17.2 Å². The van der Waals surface area contributed by atoms with E-state index in [-0.39, 0.29) is 0 Å². The van der Waals surface area contributed by atoms with Gasteiger partial charge in [0.15, 0.2) is 0 Å². The Hall–Kier alpha value is -1.80. The van der Waals surface area contributed by atoms with E-state index in [0.29, 0.717) is 37.8 Å². The molecule has 0 unspecified atom stereocenters. The fraction of sp³-hybridized carbons (Fsp3) is 0.500. The number of rotatable bonds is 5. The molecule has 1 fully saturated rings. The van der Waals surface area contributed by atoms with Gasteiger partial charge < -0.3 is 4.57 Å². The third-order valence-electron chi connectivity index (χ3n) is 4.80. The average Bonchev–Trinajstić information content (AvgIpc) is 3.06. The van der Waals surface area contributed by atoms with Crippen molar-refractivity contribution in [3.8, 4) is 0 Å². The van der Waals surface area contributed by atoms with Crippen LogP contribution in [-0.2, 0) is 16.6 Å². The summed E-state index contributed by atoms with van der Waals surface area (Å²) in [5.74, 6) is -0.0245. The Morgan fingerprint density at radius 3 is 2.58 bits per heavy atom. The van der Waals surface area contributed by atoms with Gasteiger partial charge in [-0.15, -0.1) is 0 Å². The van der Waals surface area contributed by atoms with Gasteiger partial charge in [-0.05, 0) is 37.0 Å². The highest BCUT2D eigenvalue weighted by Gasteiger charge is 2.32. The van der Waals surface area contributed by atoms with Crippen LogP contribution in [0.2, 0.25) is 0 Å². The molecule has 8 heteroatoms. The van der Waals surface area contributed by atoms with Crippen LogP contribution in [0.4, 0.5) is 8.78 Å². The van der Waals surface area contributed by atoms with Crippen LogP contribution in [0.1, 0.15) is 38.4 Å². The van der Waals surface area contributed by atoms with E-state index in [0.717, 1.165) is 30.6 Å². The summed E-state index contributed by atoms with van der Waals surface area (Å²) in [5.41, 5.74) is 0. The number of aromatic nitrogens is 2. The molecule has 1 saturated heterocycles. The van der Waals surface area contributed by atoms with Crippen LogP contribution in [0, 0.1) is 17.6 Å². The number of imidazole rings is 1. The van der Waals surface area contributed by atoms with E-state index in [2.05, 4.69) is 23.4 Å². The maximum atomic E-state index is 13.9. The molecule has 0 amide bonds. The van der Waals surface area contributed by atoms with E-state index in [1.54, 1.807) is 6.20 Å². The summed E-state index contributed by atoms with van der Waals surface area (Å²) in [6, 6.07) is 2.51. The van der Waals surface area contributed by atoms with Gasteiger partial charge >= 0.3 is 0 Å². The second-order valence-electron chi connectivity index (χ2n) is 7.01. The lowest BCUT2D eigenvalue weighted by molar-refractivity contribution is 0.250. The Labute approximate surface area is 152 Å². The van der Waals surface area contributed by atoms with E-state index >= 15 is 0 Å². The maximum Gasteiger partial charge on any atom is 0.246 e. The zero-order valence-corrected chi connectivity index (χ0v) is 15.7. The van der Waals surface area contributed by atoms with E-state index in [1.807, 2.05) is 6.20 Å². The Morgan fingerprint density at radius 1 is 1.23 bits per heavy atom.